The molecule has 1 N–H and O–H groups in total. The minimum Gasteiger partial charge on any atom is -0.353 e. The average molecular weight is 245 g/mol. The second kappa shape index (κ2) is 5.20. The summed E-state index contributed by atoms with van der Waals surface area (Å²) >= 11 is 0. The molecule has 0 amide bonds. The Bertz CT molecular complexity index is 259. The molecule has 17 heavy (non-hydrogen) atoms. The van der Waals surface area contributed by atoms with Gasteiger partial charge in [0.2, 0.25) is 0 Å². The van der Waals surface area contributed by atoms with E-state index in [1.165, 1.54) is 0 Å². The maximum atomic E-state index is 5.88. The zero-order valence-electron chi connectivity index (χ0n) is 11.1. The standard InChI is InChI=1S/C12H23NO4/c1-5-6-13-7-8-9-10(11(14-4)15-8)17-12(2,3)16-9/h8-11,13H,5-7H2,1-4H3. The minimum absolute atomic E-state index is 0.00160. The van der Waals surface area contributed by atoms with E-state index in [2.05, 4.69) is 12.2 Å². The first-order valence-corrected chi connectivity index (χ1v) is 6.32. The van der Waals surface area contributed by atoms with Crippen LogP contribution in [0.3, 0.4) is 0 Å². The molecule has 0 saturated carbocycles. The Balaban J connectivity index is 1.95. The highest BCUT2D eigenvalue weighted by Gasteiger charge is 2.55. The van der Waals surface area contributed by atoms with Crippen molar-refractivity contribution >= 4 is 0 Å². The van der Waals surface area contributed by atoms with Gasteiger partial charge in [-0.25, -0.2) is 0 Å². The molecule has 0 aliphatic carbocycles. The van der Waals surface area contributed by atoms with Crippen LogP contribution in [-0.2, 0) is 18.9 Å². The van der Waals surface area contributed by atoms with Crippen molar-refractivity contribution in [2.45, 2.75) is 57.6 Å². The summed E-state index contributed by atoms with van der Waals surface area (Å²) in [6.45, 7) is 7.75. The number of hydrogen-bond acceptors (Lipinski definition) is 5. The van der Waals surface area contributed by atoms with Crippen molar-refractivity contribution in [3.05, 3.63) is 0 Å². The van der Waals surface area contributed by atoms with E-state index in [1.807, 2.05) is 13.8 Å². The fourth-order valence-electron chi connectivity index (χ4n) is 2.42. The number of methoxy groups -OCH3 is 1. The Morgan fingerprint density at radius 1 is 1.24 bits per heavy atom. The van der Waals surface area contributed by atoms with Gasteiger partial charge in [-0.15, -0.1) is 0 Å². The summed E-state index contributed by atoms with van der Waals surface area (Å²) in [5.41, 5.74) is 0. The molecule has 5 heteroatoms. The molecule has 2 aliphatic heterocycles. The molecule has 0 spiro atoms. The highest BCUT2D eigenvalue weighted by Crippen LogP contribution is 2.38. The lowest BCUT2D eigenvalue weighted by Gasteiger charge is -2.23. The number of fused-ring (bicyclic) bond motifs is 1. The van der Waals surface area contributed by atoms with Crippen molar-refractivity contribution in [3.8, 4) is 0 Å². The topological polar surface area (TPSA) is 49.0 Å². The molecule has 0 radical (unpaired) electrons. The molecule has 5 nitrogen and oxygen atoms in total. The minimum atomic E-state index is -0.543. The lowest BCUT2D eigenvalue weighted by molar-refractivity contribution is -0.226. The maximum absolute atomic E-state index is 5.88. The molecular weight excluding hydrogens is 222 g/mol. The summed E-state index contributed by atoms with van der Waals surface area (Å²) in [6, 6.07) is 0. The smallest absolute Gasteiger partial charge is 0.186 e. The highest BCUT2D eigenvalue weighted by atomic mass is 16.8. The summed E-state index contributed by atoms with van der Waals surface area (Å²) in [5.74, 6) is -0.543. The van der Waals surface area contributed by atoms with Gasteiger partial charge < -0.3 is 24.3 Å². The molecule has 2 heterocycles. The molecule has 2 fully saturated rings. The Labute approximate surface area is 103 Å². The molecule has 2 rings (SSSR count). The van der Waals surface area contributed by atoms with Crippen molar-refractivity contribution in [3.63, 3.8) is 0 Å². The monoisotopic (exact) mass is 245 g/mol. The van der Waals surface area contributed by atoms with Gasteiger partial charge in [-0.2, -0.15) is 0 Å². The summed E-state index contributed by atoms with van der Waals surface area (Å²) in [4.78, 5) is 0. The second-order valence-electron chi connectivity index (χ2n) is 5.05. The van der Waals surface area contributed by atoms with Crippen LogP contribution in [0.5, 0.6) is 0 Å². The lowest BCUT2D eigenvalue weighted by Crippen LogP contribution is -2.37. The van der Waals surface area contributed by atoms with Crippen molar-refractivity contribution in [1.29, 1.82) is 0 Å². The molecule has 0 aromatic carbocycles. The molecule has 2 saturated heterocycles. The Kier molecular flexibility index (Phi) is 4.05. The summed E-state index contributed by atoms with van der Waals surface area (Å²) in [5, 5.41) is 3.35. The maximum Gasteiger partial charge on any atom is 0.186 e. The molecule has 0 aromatic heterocycles. The third-order valence-electron chi connectivity index (χ3n) is 3.11. The van der Waals surface area contributed by atoms with Crippen molar-refractivity contribution in [2.24, 2.45) is 0 Å². The van der Waals surface area contributed by atoms with E-state index >= 15 is 0 Å². The number of nitrogens with one attached hydrogen (secondary N) is 1. The summed E-state index contributed by atoms with van der Waals surface area (Å²) in [6.07, 6.45) is 0.619. The molecule has 4 unspecified atom stereocenters. The van der Waals surface area contributed by atoms with Crippen LogP contribution in [0, 0.1) is 0 Å². The van der Waals surface area contributed by atoms with E-state index in [4.69, 9.17) is 18.9 Å². The van der Waals surface area contributed by atoms with E-state index in [9.17, 15) is 0 Å². The summed E-state index contributed by atoms with van der Waals surface area (Å²) < 4.78 is 22.8. The third kappa shape index (κ3) is 2.80. The van der Waals surface area contributed by atoms with E-state index in [-0.39, 0.29) is 24.6 Å². The van der Waals surface area contributed by atoms with Crippen LogP contribution in [0.1, 0.15) is 27.2 Å². The lowest BCUT2D eigenvalue weighted by atomic mass is 10.1. The first-order chi connectivity index (χ1) is 8.07. The van der Waals surface area contributed by atoms with Gasteiger partial charge in [-0.05, 0) is 26.8 Å². The first kappa shape index (κ1) is 13.2. The van der Waals surface area contributed by atoms with Crippen LogP contribution >= 0.6 is 0 Å². The van der Waals surface area contributed by atoms with Crippen LogP contribution in [0.15, 0.2) is 0 Å². The van der Waals surface area contributed by atoms with Crippen molar-refractivity contribution < 1.29 is 18.9 Å². The van der Waals surface area contributed by atoms with Gasteiger partial charge in [0, 0.05) is 13.7 Å². The van der Waals surface area contributed by atoms with E-state index in [0.29, 0.717) is 0 Å². The van der Waals surface area contributed by atoms with Gasteiger partial charge in [0.15, 0.2) is 12.1 Å². The molecule has 100 valence electrons. The van der Waals surface area contributed by atoms with Crippen LogP contribution in [0.25, 0.3) is 0 Å². The third-order valence-corrected chi connectivity index (χ3v) is 3.11. The SMILES string of the molecule is CCCNCC1OC(OC)C2OC(C)(C)OC12. The van der Waals surface area contributed by atoms with Crippen molar-refractivity contribution in [2.75, 3.05) is 20.2 Å². The van der Waals surface area contributed by atoms with Gasteiger partial charge in [0.05, 0.1) is 0 Å². The van der Waals surface area contributed by atoms with Crippen molar-refractivity contribution in [1.82, 2.24) is 5.32 Å². The van der Waals surface area contributed by atoms with Crippen LogP contribution in [-0.4, -0.2) is 50.6 Å². The Morgan fingerprint density at radius 2 is 1.94 bits per heavy atom. The first-order valence-electron chi connectivity index (χ1n) is 6.32. The second-order valence-corrected chi connectivity index (χ2v) is 5.05. The predicted molar refractivity (Wildman–Crippen MR) is 62.7 cm³/mol. The largest absolute Gasteiger partial charge is 0.353 e. The number of ether oxygens (including phenoxy) is 4. The molecule has 0 bridgehead atoms. The van der Waals surface area contributed by atoms with Gasteiger partial charge in [-0.1, -0.05) is 6.92 Å². The highest BCUT2D eigenvalue weighted by molar-refractivity contribution is 4.95. The van der Waals surface area contributed by atoms with Gasteiger partial charge in [-0.3, -0.25) is 0 Å². The van der Waals surface area contributed by atoms with E-state index < -0.39 is 5.79 Å². The molecule has 0 aromatic rings. The van der Waals surface area contributed by atoms with Crippen LogP contribution in [0.4, 0.5) is 0 Å². The zero-order valence-corrected chi connectivity index (χ0v) is 11.1. The quantitative estimate of drug-likeness (QED) is 0.729. The normalized spacial score (nSPS) is 39.5. The van der Waals surface area contributed by atoms with Gasteiger partial charge in [0.1, 0.15) is 18.3 Å². The van der Waals surface area contributed by atoms with E-state index in [0.717, 1.165) is 19.5 Å². The van der Waals surface area contributed by atoms with E-state index in [1.54, 1.807) is 7.11 Å². The molecule has 4 atom stereocenters. The Hall–Kier alpha value is -0.200. The zero-order chi connectivity index (χ0) is 12.5. The predicted octanol–water partition coefficient (Wildman–Crippen LogP) is 0.877. The molecular formula is C12H23NO4. The van der Waals surface area contributed by atoms with Gasteiger partial charge in [0.25, 0.3) is 0 Å². The molecule has 2 aliphatic rings. The number of hydrogen-bond donors (Lipinski definition) is 1. The average Bonchev–Trinajstić information content (AvgIpc) is 2.73. The van der Waals surface area contributed by atoms with Crippen LogP contribution < -0.4 is 5.32 Å². The number of rotatable bonds is 5. The van der Waals surface area contributed by atoms with Gasteiger partial charge >= 0.3 is 0 Å². The fourth-order valence-corrected chi connectivity index (χ4v) is 2.42. The Morgan fingerprint density at radius 3 is 2.59 bits per heavy atom. The summed E-state index contributed by atoms with van der Waals surface area (Å²) in [7, 11) is 1.64. The van der Waals surface area contributed by atoms with Crippen LogP contribution in [0.2, 0.25) is 0 Å². The fraction of sp³-hybridized carbons (Fsp3) is 1.00.